The van der Waals surface area contributed by atoms with Gasteiger partial charge in [0, 0.05) is 5.69 Å². The van der Waals surface area contributed by atoms with E-state index in [-0.39, 0.29) is 58.1 Å². The van der Waals surface area contributed by atoms with Crippen LogP contribution < -0.4 is 51.4 Å². The Labute approximate surface area is 115 Å². The molecule has 0 amide bonds. The van der Waals surface area contributed by atoms with Gasteiger partial charge in [0.05, 0.1) is 5.69 Å². The van der Waals surface area contributed by atoms with E-state index in [1.54, 1.807) is 0 Å². The molecular weight excluding hydrogens is 187 g/mol. The summed E-state index contributed by atoms with van der Waals surface area (Å²) in [5, 5.41) is 3.56. The van der Waals surface area contributed by atoms with Gasteiger partial charge in [-0.3, -0.25) is 4.79 Å². The number of thiol groups is 1. The predicted octanol–water partition coefficient (Wildman–Crippen LogP) is -1.49. The number of rotatable bonds is 0. The van der Waals surface area contributed by atoms with E-state index in [0.29, 0.717) is 0 Å². The van der Waals surface area contributed by atoms with Crippen LogP contribution in [-0.4, -0.2) is 15.0 Å². The number of hydrogen-bond acceptors (Lipinski definition) is 2. The molecule has 0 spiro atoms. The molecule has 0 aliphatic rings. The Balaban J connectivity index is 0. The normalized spacial score (nSPS) is 9.00. The van der Waals surface area contributed by atoms with Crippen LogP contribution in [0.25, 0.3) is 0 Å². The van der Waals surface area contributed by atoms with Gasteiger partial charge in [-0.05, 0) is 19.9 Å². The van der Waals surface area contributed by atoms with E-state index in [2.05, 4.69) is 17.7 Å². The molecule has 1 aromatic rings. The molecule has 0 saturated carbocycles. The van der Waals surface area contributed by atoms with Crippen molar-refractivity contribution < 1.29 is 57.6 Å². The van der Waals surface area contributed by atoms with Gasteiger partial charge in [0.1, 0.15) is 0 Å². The fourth-order valence-corrected chi connectivity index (χ4v) is 1.03. The number of carbonyl (C=O) groups is 1. The minimum atomic E-state index is -0.342. The van der Waals surface area contributed by atoms with E-state index in [4.69, 9.17) is 0 Å². The van der Waals surface area contributed by atoms with Crippen LogP contribution in [0.1, 0.15) is 12.8 Å². The summed E-state index contributed by atoms with van der Waals surface area (Å²) in [6.07, 6.45) is 0. The van der Waals surface area contributed by atoms with E-state index < -0.39 is 0 Å². The largest absolute Gasteiger partial charge is 1.00 e. The molecule has 11 heavy (non-hydrogen) atoms. The molecule has 0 aliphatic carbocycles. The fraction of sp³-hybridized carbons (Fsp3) is 0.333. The molecular formula is C6H9KN2OS. The molecule has 1 rings (SSSR count). The third-order valence-corrected chi connectivity index (χ3v) is 1.38. The average Bonchev–Trinajstić information content (AvgIpc) is 2.10. The zero-order valence-electron chi connectivity index (χ0n) is 7.83. The molecule has 56 valence electrons. The van der Waals surface area contributed by atoms with Crippen LogP contribution in [-0.2, 0) is 0 Å². The molecule has 0 N–H and O–H groups in total. The van der Waals surface area contributed by atoms with Gasteiger partial charge in [-0.1, -0.05) is 12.6 Å². The summed E-state index contributed by atoms with van der Waals surface area (Å²) in [4.78, 5) is 10.6. The third-order valence-electron chi connectivity index (χ3n) is 1.19. The SMILES string of the molecule is Cc1cc(C)n(C(=O)S)n1.[H-].[K+]. The Bertz CT molecular complexity index is 277. The molecule has 3 nitrogen and oxygen atoms in total. The second-order valence-corrected chi connectivity index (χ2v) is 2.50. The number of aromatic nitrogens is 2. The Morgan fingerprint density at radius 3 is 2.45 bits per heavy atom. The van der Waals surface area contributed by atoms with Crippen molar-refractivity contribution in [2.45, 2.75) is 13.8 Å². The Kier molecular flexibility index (Phi) is 5.16. The molecule has 0 bridgehead atoms. The topological polar surface area (TPSA) is 34.9 Å². The maximum Gasteiger partial charge on any atom is 1.00 e. The minimum absolute atomic E-state index is 0. The summed E-state index contributed by atoms with van der Waals surface area (Å²) >= 11 is 3.63. The van der Waals surface area contributed by atoms with Crippen molar-refractivity contribution >= 4 is 17.9 Å². The summed E-state index contributed by atoms with van der Waals surface area (Å²) in [5.41, 5.74) is 1.65. The van der Waals surface area contributed by atoms with Crippen molar-refractivity contribution in [3.05, 3.63) is 17.5 Å². The monoisotopic (exact) mass is 196 g/mol. The van der Waals surface area contributed by atoms with E-state index in [0.717, 1.165) is 11.4 Å². The van der Waals surface area contributed by atoms with Crippen LogP contribution in [0.5, 0.6) is 0 Å². The van der Waals surface area contributed by atoms with E-state index >= 15 is 0 Å². The molecule has 5 heteroatoms. The standard InChI is InChI=1S/C6H8N2OS.K.H/c1-4-3-5(2)8(7-4)6(9)10;;/h3H,1-2H3,(H,9,10);;/q;+1;-1. The van der Waals surface area contributed by atoms with Crippen LogP contribution in [0.4, 0.5) is 4.79 Å². The fourth-order valence-electron chi connectivity index (χ4n) is 0.823. The number of aryl methyl sites for hydroxylation is 2. The molecule has 0 saturated heterocycles. The summed E-state index contributed by atoms with van der Waals surface area (Å²) in [5.74, 6) is 0. The van der Waals surface area contributed by atoms with Gasteiger partial charge < -0.3 is 1.43 Å². The van der Waals surface area contributed by atoms with Crippen LogP contribution in [0.15, 0.2) is 6.07 Å². The van der Waals surface area contributed by atoms with E-state index in [1.165, 1.54) is 4.68 Å². The molecule has 0 unspecified atom stereocenters. The van der Waals surface area contributed by atoms with Crippen LogP contribution in [0, 0.1) is 13.8 Å². The summed E-state index contributed by atoms with van der Waals surface area (Å²) < 4.78 is 1.26. The van der Waals surface area contributed by atoms with Gasteiger partial charge in [0.15, 0.2) is 0 Å². The molecule has 0 fully saturated rings. The maximum atomic E-state index is 10.6. The Morgan fingerprint density at radius 2 is 2.27 bits per heavy atom. The predicted molar refractivity (Wildman–Crippen MR) is 42.6 cm³/mol. The quantitative estimate of drug-likeness (QED) is 0.405. The third kappa shape index (κ3) is 3.00. The van der Waals surface area contributed by atoms with Crippen molar-refractivity contribution in [1.82, 2.24) is 9.78 Å². The Morgan fingerprint density at radius 1 is 1.73 bits per heavy atom. The zero-order valence-corrected chi connectivity index (χ0v) is 10.8. The first-order valence-electron chi connectivity index (χ1n) is 2.88. The van der Waals surface area contributed by atoms with Gasteiger partial charge in [-0.2, -0.15) is 9.78 Å². The number of hydrogen-bond donors (Lipinski definition) is 1. The second-order valence-electron chi connectivity index (χ2n) is 2.12. The first-order chi connectivity index (χ1) is 4.61. The van der Waals surface area contributed by atoms with Crippen molar-refractivity contribution in [1.29, 1.82) is 0 Å². The van der Waals surface area contributed by atoms with Crippen molar-refractivity contribution in [2.75, 3.05) is 0 Å². The second kappa shape index (κ2) is 4.79. The molecule has 1 aromatic heterocycles. The van der Waals surface area contributed by atoms with Crippen LogP contribution in [0.2, 0.25) is 0 Å². The summed E-state index contributed by atoms with van der Waals surface area (Å²) in [6, 6.07) is 1.83. The smallest absolute Gasteiger partial charge is 1.00 e. The average molecular weight is 196 g/mol. The Hall–Kier alpha value is 0.866. The van der Waals surface area contributed by atoms with Gasteiger partial charge in [0.2, 0.25) is 0 Å². The van der Waals surface area contributed by atoms with Crippen molar-refractivity contribution in [2.24, 2.45) is 0 Å². The van der Waals surface area contributed by atoms with Crippen LogP contribution in [0.3, 0.4) is 0 Å². The first kappa shape index (κ1) is 11.9. The molecule has 0 radical (unpaired) electrons. The molecule has 0 aliphatic heterocycles. The van der Waals surface area contributed by atoms with Crippen molar-refractivity contribution in [3.63, 3.8) is 0 Å². The zero-order chi connectivity index (χ0) is 7.72. The van der Waals surface area contributed by atoms with Gasteiger partial charge >= 0.3 is 56.6 Å². The maximum absolute atomic E-state index is 10.6. The van der Waals surface area contributed by atoms with Crippen LogP contribution >= 0.6 is 12.6 Å². The van der Waals surface area contributed by atoms with E-state index in [9.17, 15) is 4.79 Å². The van der Waals surface area contributed by atoms with Gasteiger partial charge in [-0.25, -0.2) is 0 Å². The minimum Gasteiger partial charge on any atom is -1.00 e. The summed E-state index contributed by atoms with van der Waals surface area (Å²) in [7, 11) is 0. The molecule has 0 atom stereocenters. The molecule has 1 heterocycles. The molecule has 0 aromatic carbocycles. The number of carbonyl (C=O) groups excluding carboxylic acids is 1. The van der Waals surface area contributed by atoms with Gasteiger partial charge in [0.25, 0.3) is 0 Å². The first-order valence-corrected chi connectivity index (χ1v) is 3.32. The number of nitrogens with zero attached hydrogens (tertiary/aromatic N) is 2. The van der Waals surface area contributed by atoms with E-state index in [1.807, 2.05) is 19.9 Å². The van der Waals surface area contributed by atoms with Crippen molar-refractivity contribution in [3.8, 4) is 0 Å². The summed E-state index contributed by atoms with van der Waals surface area (Å²) in [6.45, 7) is 3.65. The van der Waals surface area contributed by atoms with Gasteiger partial charge in [-0.15, -0.1) is 0 Å².